The standard InChI is InChI=1S/C23H18ClFN2O2/c1-15-19(23(28)26-14-18-5-4-12-29-18)13-22(16-8-10-17(24)11-9-16)27(15)21-7-3-2-6-20(21)25/h2-13H,14H2,1H3,(H,26,28). The number of amides is 1. The molecule has 0 saturated carbocycles. The highest BCUT2D eigenvalue weighted by atomic mass is 35.5. The van der Waals surface area contributed by atoms with Crippen molar-refractivity contribution in [3.8, 4) is 16.9 Å². The van der Waals surface area contributed by atoms with Crippen LogP contribution in [0.2, 0.25) is 5.02 Å². The third-order valence-corrected chi connectivity index (χ3v) is 4.98. The largest absolute Gasteiger partial charge is 0.467 e. The summed E-state index contributed by atoms with van der Waals surface area (Å²) in [4.78, 5) is 12.8. The van der Waals surface area contributed by atoms with Crippen LogP contribution in [-0.2, 0) is 6.54 Å². The second-order valence-corrected chi connectivity index (χ2v) is 7.02. The number of nitrogens with zero attached hydrogens (tertiary/aromatic N) is 1. The Labute approximate surface area is 172 Å². The zero-order valence-corrected chi connectivity index (χ0v) is 16.4. The molecule has 146 valence electrons. The van der Waals surface area contributed by atoms with Gasteiger partial charge in [0.1, 0.15) is 11.6 Å². The highest BCUT2D eigenvalue weighted by Crippen LogP contribution is 2.31. The number of carbonyl (C=O) groups excluding carboxylic acids is 1. The lowest BCUT2D eigenvalue weighted by Crippen LogP contribution is -2.23. The predicted molar refractivity (Wildman–Crippen MR) is 111 cm³/mol. The molecule has 29 heavy (non-hydrogen) atoms. The van der Waals surface area contributed by atoms with Crippen LogP contribution in [0.3, 0.4) is 0 Å². The Kier molecular flexibility index (Phi) is 5.23. The van der Waals surface area contributed by atoms with E-state index in [1.54, 1.807) is 66.3 Å². The quantitative estimate of drug-likeness (QED) is 0.455. The van der Waals surface area contributed by atoms with E-state index >= 15 is 0 Å². The fraction of sp³-hybridized carbons (Fsp3) is 0.0870. The van der Waals surface area contributed by atoms with Crippen LogP contribution in [0.4, 0.5) is 4.39 Å². The lowest BCUT2D eigenvalue weighted by molar-refractivity contribution is 0.0947. The van der Waals surface area contributed by atoms with E-state index in [1.807, 2.05) is 12.1 Å². The molecule has 1 N–H and O–H groups in total. The van der Waals surface area contributed by atoms with E-state index in [-0.39, 0.29) is 18.3 Å². The van der Waals surface area contributed by atoms with Crippen LogP contribution in [0.5, 0.6) is 0 Å². The van der Waals surface area contributed by atoms with Gasteiger partial charge < -0.3 is 14.3 Å². The van der Waals surface area contributed by atoms with E-state index in [0.29, 0.717) is 33.4 Å². The van der Waals surface area contributed by atoms with E-state index in [9.17, 15) is 9.18 Å². The minimum atomic E-state index is -0.371. The Hall–Kier alpha value is -3.31. The van der Waals surface area contributed by atoms with Crippen LogP contribution in [0, 0.1) is 12.7 Å². The topological polar surface area (TPSA) is 47.2 Å². The summed E-state index contributed by atoms with van der Waals surface area (Å²) in [5.41, 5.74) is 3.00. The highest BCUT2D eigenvalue weighted by molar-refractivity contribution is 6.30. The van der Waals surface area contributed by atoms with Gasteiger partial charge in [0.2, 0.25) is 0 Å². The maximum atomic E-state index is 14.6. The molecule has 0 spiro atoms. The SMILES string of the molecule is Cc1c(C(=O)NCc2ccco2)cc(-c2ccc(Cl)cc2)n1-c1ccccc1F. The Morgan fingerprint density at radius 1 is 1.10 bits per heavy atom. The predicted octanol–water partition coefficient (Wildman–Crippen LogP) is 5.77. The van der Waals surface area contributed by atoms with Gasteiger partial charge in [-0.15, -0.1) is 0 Å². The van der Waals surface area contributed by atoms with E-state index in [4.69, 9.17) is 16.0 Å². The molecule has 1 amide bonds. The zero-order chi connectivity index (χ0) is 20.4. The van der Waals surface area contributed by atoms with Crippen molar-refractivity contribution in [3.05, 3.63) is 101 Å². The van der Waals surface area contributed by atoms with Gasteiger partial charge in [-0.05, 0) is 55.0 Å². The molecule has 0 aliphatic carbocycles. The molecule has 0 aliphatic rings. The van der Waals surface area contributed by atoms with Crippen molar-refractivity contribution in [2.45, 2.75) is 13.5 Å². The zero-order valence-electron chi connectivity index (χ0n) is 15.7. The van der Waals surface area contributed by atoms with Crippen molar-refractivity contribution in [1.82, 2.24) is 9.88 Å². The number of para-hydroxylation sites is 1. The van der Waals surface area contributed by atoms with E-state index < -0.39 is 0 Å². The second kappa shape index (κ2) is 7.97. The van der Waals surface area contributed by atoms with Crippen molar-refractivity contribution in [2.75, 3.05) is 0 Å². The Bertz CT molecular complexity index is 1150. The van der Waals surface area contributed by atoms with Gasteiger partial charge in [-0.25, -0.2) is 4.39 Å². The first-order chi connectivity index (χ1) is 14.0. The van der Waals surface area contributed by atoms with Gasteiger partial charge in [-0.1, -0.05) is 35.9 Å². The lowest BCUT2D eigenvalue weighted by atomic mass is 10.1. The van der Waals surface area contributed by atoms with Crippen molar-refractivity contribution in [2.24, 2.45) is 0 Å². The molecule has 0 fully saturated rings. The van der Waals surface area contributed by atoms with Crippen molar-refractivity contribution >= 4 is 17.5 Å². The molecule has 0 saturated heterocycles. The van der Waals surface area contributed by atoms with Crippen LogP contribution >= 0.6 is 11.6 Å². The van der Waals surface area contributed by atoms with Crippen LogP contribution < -0.4 is 5.32 Å². The van der Waals surface area contributed by atoms with Gasteiger partial charge in [0.05, 0.1) is 29.8 Å². The van der Waals surface area contributed by atoms with Gasteiger partial charge in [0, 0.05) is 10.7 Å². The third kappa shape index (κ3) is 3.82. The Morgan fingerprint density at radius 3 is 2.55 bits per heavy atom. The Balaban J connectivity index is 1.79. The molecule has 4 nitrogen and oxygen atoms in total. The van der Waals surface area contributed by atoms with Crippen LogP contribution in [0.15, 0.2) is 77.4 Å². The second-order valence-electron chi connectivity index (χ2n) is 6.58. The lowest BCUT2D eigenvalue weighted by Gasteiger charge is -2.13. The molecule has 2 aromatic carbocycles. The molecule has 0 atom stereocenters. The molecule has 2 aromatic heterocycles. The summed E-state index contributed by atoms with van der Waals surface area (Å²) in [6.45, 7) is 2.07. The summed E-state index contributed by atoms with van der Waals surface area (Å²) < 4.78 is 21.6. The molecule has 4 rings (SSSR count). The third-order valence-electron chi connectivity index (χ3n) is 4.73. The van der Waals surface area contributed by atoms with Gasteiger partial charge in [-0.2, -0.15) is 0 Å². The van der Waals surface area contributed by atoms with Crippen LogP contribution in [0.25, 0.3) is 16.9 Å². The average Bonchev–Trinajstić information content (AvgIpc) is 3.35. The molecule has 0 aliphatic heterocycles. The van der Waals surface area contributed by atoms with Gasteiger partial charge in [0.25, 0.3) is 5.91 Å². The fourth-order valence-corrected chi connectivity index (χ4v) is 3.42. The Morgan fingerprint density at radius 2 is 1.86 bits per heavy atom. The smallest absolute Gasteiger partial charge is 0.253 e. The van der Waals surface area contributed by atoms with Crippen molar-refractivity contribution in [3.63, 3.8) is 0 Å². The van der Waals surface area contributed by atoms with Crippen molar-refractivity contribution < 1.29 is 13.6 Å². The fourth-order valence-electron chi connectivity index (χ4n) is 3.29. The summed E-state index contributed by atoms with van der Waals surface area (Å²) in [6.07, 6.45) is 1.56. The number of rotatable bonds is 5. The van der Waals surface area contributed by atoms with E-state index in [0.717, 1.165) is 5.56 Å². The highest BCUT2D eigenvalue weighted by Gasteiger charge is 2.21. The number of aromatic nitrogens is 1. The molecule has 0 unspecified atom stereocenters. The normalized spacial score (nSPS) is 10.9. The van der Waals surface area contributed by atoms with E-state index in [1.165, 1.54) is 6.07 Å². The first-order valence-electron chi connectivity index (χ1n) is 9.08. The van der Waals surface area contributed by atoms with Gasteiger partial charge in [0.15, 0.2) is 0 Å². The van der Waals surface area contributed by atoms with Gasteiger partial charge in [-0.3, -0.25) is 4.79 Å². The number of furan rings is 1. The van der Waals surface area contributed by atoms with Crippen LogP contribution in [0.1, 0.15) is 21.8 Å². The molecule has 6 heteroatoms. The number of hydrogen-bond donors (Lipinski definition) is 1. The summed E-state index contributed by atoms with van der Waals surface area (Å²) in [5, 5.41) is 3.45. The molecule has 2 heterocycles. The molecular formula is C23H18ClFN2O2. The summed E-state index contributed by atoms with van der Waals surface area (Å²) in [5.74, 6) is 0.0237. The molecule has 0 bridgehead atoms. The molecular weight excluding hydrogens is 391 g/mol. The number of halogens is 2. The maximum absolute atomic E-state index is 14.6. The van der Waals surface area contributed by atoms with E-state index in [2.05, 4.69) is 5.32 Å². The minimum Gasteiger partial charge on any atom is -0.467 e. The van der Waals surface area contributed by atoms with Gasteiger partial charge >= 0.3 is 0 Å². The first-order valence-corrected chi connectivity index (χ1v) is 9.46. The average molecular weight is 409 g/mol. The molecule has 4 aromatic rings. The number of benzene rings is 2. The number of nitrogens with one attached hydrogen (secondary N) is 1. The summed E-state index contributed by atoms with van der Waals surface area (Å²) >= 11 is 6.02. The summed E-state index contributed by atoms with van der Waals surface area (Å²) in [7, 11) is 0. The maximum Gasteiger partial charge on any atom is 0.253 e. The monoisotopic (exact) mass is 408 g/mol. The number of carbonyl (C=O) groups is 1. The minimum absolute atomic E-state index is 0.260. The van der Waals surface area contributed by atoms with Crippen LogP contribution in [-0.4, -0.2) is 10.5 Å². The molecule has 0 radical (unpaired) electrons. The number of hydrogen-bond acceptors (Lipinski definition) is 2. The summed E-state index contributed by atoms with van der Waals surface area (Å²) in [6, 6.07) is 19.0. The first kappa shape index (κ1) is 19.0. The van der Waals surface area contributed by atoms with Crippen molar-refractivity contribution in [1.29, 1.82) is 0 Å².